The van der Waals surface area contributed by atoms with Gasteiger partial charge >= 0.3 is 0 Å². The molecular formula is C12H10ClF2N. The molecule has 0 aliphatic carbocycles. The Morgan fingerprint density at radius 1 is 1.19 bits per heavy atom. The molecule has 0 aromatic heterocycles. The minimum Gasteiger partial charge on any atom is -0.383 e. The van der Waals surface area contributed by atoms with Crippen molar-refractivity contribution < 1.29 is 8.78 Å². The molecule has 1 heterocycles. The summed E-state index contributed by atoms with van der Waals surface area (Å²) in [6.45, 7) is 0.580. The zero-order valence-electron chi connectivity index (χ0n) is 8.43. The van der Waals surface area contributed by atoms with Crippen molar-refractivity contribution in [3.05, 3.63) is 58.3 Å². The SMILES string of the molecule is Fc1ccc(CC2=CC=C(Cl)CN2)cc1F. The quantitative estimate of drug-likeness (QED) is 0.839. The van der Waals surface area contributed by atoms with E-state index in [1.54, 1.807) is 12.1 Å². The first-order chi connectivity index (χ1) is 7.65. The predicted molar refractivity (Wildman–Crippen MR) is 60.1 cm³/mol. The van der Waals surface area contributed by atoms with Crippen LogP contribution in [0.2, 0.25) is 0 Å². The average Bonchev–Trinajstić information content (AvgIpc) is 2.27. The topological polar surface area (TPSA) is 12.0 Å². The number of rotatable bonds is 2. The summed E-state index contributed by atoms with van der Waals surface area (Å²) in [5.41, 5.74) is 1.67. The third-order valence-corrected chi connectivity index (χ3v) is 2.59. The van der Waals surface area contributed by atoms with Crippen molar-refractivity contribution in [2.45, 2.75) is 6.42 Å². The highest BCUT2D eigenvalue weighted by atomic mass is 35.5. The van der Waals surface area contributed by atoms with Crippen LogP contribution < -0.4 is 5.32 Å². The first kappa shape index (κ1) is 11.1. The van der Waals surface area contributed by atoms with E-state index in [4.69, 9.17) is 11.6 Å². The van der Waals surface area contributed by atoms with E-state index in [1.165, 1.54) is 6.07 Å². The minimum absolute atomic E-state index is 0.540. The van der Waals surface area contributed by atoms with E-state index < -0.39 is 11.6 Å². The van der Waals surface area contributed by atoms with Gasteiger partial charge in [0.25, 0.3) is 0 Å². The fourth-order valence-electron chi connectivity index (χ4n) is 1.50. The van der Waals surface area contributed by atoms with Crippen molar-refractivity contribution in [3.63, 3.8) is 0 Å². The Morgan fingerprint density at radius 2 is 2.00 bits per heavy atom. The molecule has 0 unspecified atom stereocenters. The van der Waals surface area contributed by atoms with Crippen LogP contribution in [-0.4, -0.2) is 6.54 Å². The molecule has 0 atom stereocenters. The van der Waals surface area contributed by atoms with Crippen LogP contribution in [0, 0.1) is 11.6 Å². The summed E-state index contributed by atoms with van der Waals surface area (Å²) in [5, 5.41) is 3.83. The summed E-state index contributed by atoms with van der Waals surface area (Å²) in [5.74, 6) is -1.64. The molecule has 1 aliphatic heterocycles. The highest BCUT2D eigenvalue weighted by Crippen LogP contribution is 2.14. The van der Waals surface area contributed by atoms with Gasteiger partial charge in [-0.15, -0.1) is 0 Å². The van der Waals surface area contributed by atoms with Crippen LogP contribution in [0.25, 0.3) is 0 Å². The Morgan fingerprint density at radius 3 is 2.62 bits per heavy atom. The zero-order chi connectivity index (χ0) is 11.5. The molecule has 0 spiro atoms. The van der Waals surface area contributed by atoms with E-state index in [1.807, 2.05) is 6.08 Å². The van der Waals surface area contributed by atoms with Crippen LogP contribution in [0.3, 0.4) is 0 Å². The molecule has 16 heavy (non-hydrogen) atoms. The summed E-state index contributed by atoms with van der Waals surface area (Å²) < 4.78 is 25.6. The van der Waals surface area contributed by atoms with Crippen LogP contribution >= 0.6 is 11.6 Å². The lowest BCUT2D eigenvalue weighted by Gasteiger charge is -2.14. The Bertz CT molecular complexity index is 466. The highest BCUT2D eigenvalue weighted by molar-refractivity contribution is 6.30. The molecule has 2 rings (SSSR count). The monoisotopic (exact) mass is 241 g/mol. The van der Waals surface area contributed by atoms with E-state index in [9.17, 15) is 8.78 Å². The molecule has 0 radical (unpaired) electrons. The largest absolute Gasteiger partial charge is 0.383 e. The maximum atomic E-state index is 12.9. The van der Waals surface area contributed by atoms with Crippen molar-refractivity contribution in [1.29, 1.82) is 0 Å². The second-order valence-electron chi connectivity index (χ2n) is 3.58. The summed E-state index contributed by atoms with van der Waals surface area (Å²) in [6.07, 6.45) is 4.18. The van der Waals surface area contributed by atoms with Crippen molar-refractivity contribution in [3.8, 4) is 0 Å². The third-order valence-electron chi connectivity index (χ3n) is 2.33. The smallest absolute Gasteiger partial charge is 0.159 e. The van der Waals surface area contributed by atoms with Crippen LogP contribution in [-0.2, 0) is 6.42 Å². The molecule has 1 nitrogen and oxygen atoms in total. The van der Waals surface area contributed by atoms with Crippen LogP contribution in [0.4, 0.5) is 8.78 Å². The van der Waals surface area contributed by atoms with Gasteiger partial charge in [0, 0.05) is 17.2 Å². The lowest BCUT2D eigenvalue weighted by Crippen LogP contribution is -2.19. The van der Waals surface area contributed by atoms with E-state index in [-0.39, 0.29) is 0 Å². The summed E-state index contributed by atoms with van der Waals surface area (Å²) >= 11 is 5.78. The normalized spacial score (nSPS) is 15.2. The Kier molecular flexibility index (Phi) is 3.25. The van der Waals surface area contributed by atoms with Crippen molar-refractivity contribution >= 4 is 11.6 Å². The minimum atomic E-state index is -0.822. The second kappa shape index (κ2) is 4.66. The maximum Gasteiger partial charge on any atom is 0.159 e. The maximum absolute atomic E-state index is 12.9. The van der Waals surface area contributed by atoms with Crippen molar-refractivity contribution in [2.75, 3.05) is 6.54 Å². The lowest BCUT2D eigenvalue weighted by atomic mass is 10.1. The van der Waals surface area contributed by atoms with Gasteiger partial charge in [-0.05, 0) is 29.8 Å². The number of dihydropyridines is 1. The molecule has 0 saturated heterocycles. The van der Waals surface area contributed by atoms with Gasteiger partial charge in [0.15, 0.2) is 11.6 Å². The van der Waals surface area contributed by atoms with Gasteiger partial charge in [0.1, 0.15) is 0 Å². The summed E-state index contributed by atoms with van der Waals surface area (Å²) in [6, 6.07) is 3.91. The molecular weight excluding hydrogens is 232 g/mol. The molecule has 0 amide bonds. The molecule has 0 bridgehead atoms. The number of allylic oxidation sites excluding steroid dienone is 3. The van der Waals surface area contributed by atoms with Gasteiger partial charge in [-0.1, -0.05) is 17.7 Å². The fourth-order valence-corrected chi connectivity index (χ4v) is 1.63. The molecule has 84 valence electrons. The Balaban J connectivity index is 2.12. The van der Waals surface area contributed by atoms with Gasteiger partial charge in [0.05, 0.1) is 6.54 Å². The van der Waals surface area contributed by atoms with E-state index in [0.717, 1.165) is 22.4 Å². The number of nitrogens with one attached hydrogen (secondary N) is 1. The summed E-state index contributed by atoms with van der Waals surface area (Å²) in [7, 11) is 0. The van der Waals surface area contributed by atoms with Gasteiger partial charge in [-0.25, -0.2) is 8.78 Å². The van der Waals surface area contributed by atoms with Gasteiger partial charge in [-0.2, -0.15) is 0 Å². The molecule has 0 fully saturated rings. The number of benzene rings is 1. The predicted octanol–water partition coefficient (Wildman–Crippen LogP) is 3.12. The van der Waals surface area contributed by atoms with Crippen LogP contribution in [0.5, 0.6) is 0 Å². The average molecular weight is 242 g/mol. The molecule has 1 N–H and O–H groups in total. The molecule has 1 aromatic carbocycles. The molecule has 4 heteroatoms. The van der Waals surface area contributed by atoms with Gasteiger partial charge in [-0.3, -0.25) is 0 Å². The third kappa shape index (κ3) is 2.61. The molecule has 1 aromatic rings. The Hall–Kier alpha value is -1.35. The van der Waals surface area contributed by atoms with Crippen LogP contribution in [0.15, 0.2) is 41.1 Å². The first-order valence-electron chi connectivity index (χ1n) is 4.88. The van der Waals surface area contributed by atoms with Gasteiger partial charge < -0.3 is 5.32 Å². The van der Waals surface area contributed by atoms with E-state index in [2.05, 4.69) is 5.32 Å². The standard InChI is InChI=1S/C12H10ClF2N/c13-9-2-3-10(16-7-9)5-8-1-4-11(14)12(15)6-8/h1-4,6,16H,5,7H2. The van der Waals surface area contributed by atoms with Gasteiger partial charge in [0.2, 0.25) is 0 Å². The fraction of sp³-hybridized carbons (Fsp3) is 0.167. The van der Waals surface area contributed by atoms with E-state index in [0.29, 0.717) is 13.0 Å². The first-order valence-corrected chi connectivity index (χ1v) is 5.26. The Labute approximate surface area is 97.4 Å². The summed E-state index contributed by atoms with van der Waals surface area (Å²) in [4.78, 5) is 0. The number of hydrogen-bond acceptors (Lipinski definition) is 1. The molecule has 0 saturated carbocycles. The van der Waals surface area contributed by atoms with Crippen LogP contribution in [0.1, 0.15) is 5.56 Å². The second-order valence-corrected chi connectivity index (χ2v) is 4.07. The highest BCUT2D eigenvalue weighted by Gasteiger charge is 2.07. The zero-order valence-corrected chi connectivity index (χ0v) is 9.19. The van der Waals surface area contributed by atoms with Crippen molar-refractivity contribution in [2.24, 2.45) is 0 Å². The number of hydrogen-bond donors (Lipinski definition) is 1. The van der Waals surface area contributed by atoms with E-state index >= 15 is 0 Å². The molecule has 1 aliphatic rings. The number of halogens is 3. The van der Waals surface area contributed by atoms with Crippen molar-refractivity contribution in [1.82, 2.24) is 5.32 Å². The lowest BCUT2D eigenvalue weighted by molar-refractivity contribution is 0.507.